The van der Waals surface area contributed by atoms with Gasteiger partial charge in [-0.15, -0.1) is 0 Å². The van der Waals surface area contributed by atoms with Gasteiger partial charge >= 0.3 is 0 Å². The van der Waals surface area contributed by atoms with E-state index in [-0.39, 0.29) is 5.92 Å². The molecule has 3 unspecified atom stereocenters. The average molecular weight is 254 g/mol. The number of hydrogen-bond acceptors (Lipinski definition) is 3. The molecule has 3 N–H and O–H groups in total. The Kier molecular flexibility index (Phi) is 5.14. The molecule has 0 aliphatic heterocycles. The van der Waals surface area contributed by atoms with Crippen LogP contribution in [0.5, 0.6) is 0 Å². The zero-order valence-electron chi connectivity index (χ0n) is 11.7. The summed E-state index contributed by atoms with van der Waals surface area (Å²) in [5.74, 6) is -0.241. The molecule has 0 aromatic carbocycles. The third-order valence-corrected chi connectivity index (χ3v) is 3.83. The first kappa shape index (κ1) is 15.4. The van der Waals surface area contributed by atoms with E-state index in [4.69, 9.17) is 0 Å². The van der Waals surface area contributed by atoms with Gasteiger partial charge in [0.05, 0.1) is 17.8 Å². The van der Waals surface area contributed by atoms with E-state index < -0.39 is 17.8 Å². The molecule has 1 aliphatic rings. The lowest BCUT2D eigenvalue weighted by Gasteiger charge is -2.33. The molecular formula is C15H26O3. The van der Waals surface area contributed by atoms with Crippen molar-refractivity contribution in [1.82, 2.24) is 0 Å². The van der Waals surface area contributed by atoms with Crippen LogP contribution in [-0.4, -0.2) is 33.1 Å². The van der Waals surface area contributed by atoms with E-state index in [0.29, 0.717) is 19.3 Å². The summed E-state index contributed by atoms with van der Waals surface area (Å²) in [6, 6.07) is 0. The van der Waals surface area contributed by atoms with Crippen LogP contribution in [0.15, 0.2) is 23.8 Å². The molecular weight excluding hydrogens is 228 g/mol. The highest BCUT2D eigenvalue weighted by Gasteiger charge is 2.32. The molecule has 0 saturated carbocycles. The van der Waals surface area contributed by atoms with E-state index >= 15 is 0 Å². The predicted octanol–water partition coefficient (Wildman–Crippen LogP) is 2.17. The summed E-state index contributed by atoms with van der Waals surface area (Å²) >= 11 is 0. The number of allylic oxidation sites excluding steroid dienone is 1. The molecule has 3 nitrogen and oxygen atoms in total. The predicted molar refractivity (Wildman–Crippen MR) is 73.2 cm³/mol. The summed E-state index contributed by atoms with van der Waals surface area (Å²) in [6.07, 6.45) is 3.35. The van der Waals surface area contributed by atoms with E-state index in [9.17, 15) is 15.3 Å². The van der Waals surface area contributed by atoms with E-state index in [2.05, 4.69) is 6.58 Å². The minimum atomic E-state index is -0.944. The SMILES string of the molecule is C=C1CCC(C(C)(C)O)C(O)C=C(C)CCC1O. The monoisotopic (exact) mass is 254 g/mol. The van der Waals surface area contributed by atoms with Gasteiger partial charge in [-0.1, -0.05) is 18.2 Å². The first-order valence-electron chi connectivity index (χ1n) is 6.65. The molecule has 104 valence electrons. The van der Waals surface area contributed by atoms with Crippen LogP contribution in [0.3, 0.4) is 0 Å². The van der Waals surface area contributed by atoms with Gasteiger partial charge in [0.15, 0.2) is 0 Å². The molecule has 0 amide bonds. The first-order chi connectivity index (χ1) is 8.21. The molecule has 0 fully saturated rings. The summed E-state index contributed by atoms with van der Waals surface area (Å²) in [7, 11) is 0. The van der Waals surface area contributed by atoms with Gasteiger partial charge in [0.1, 0.15) is 0 Å². The highest BCUT2D eigenvalue weighted by atomic mass is 16.3. The van der Waals surface area contributed by atoms with Crippen LogP contribution in [0.25, 0.3) is 0 Å². The normalized spacial score (nSPS) is 32.0. The minimum Gasteiger partial charge on any atom is -0.390 e. The Morgan fingerprint density at radius 2 is 1.83 bits per heavy atom. The number of aliphatic hydroxyl groups excluding tert-OH is 2. The summed E-state index contributed by atoms with van der Waals surface area (Å²) in [5, 5.41) is 30.3. The van der Waals surface area contributed by atoms with Crippen molar-refractivity contribution in [3.8, 4) is 0 Å². The van der Waals surface area contributed by atoms with Gasteiger partial charge < -0.3 is 15.3 Å². The maximum Gasteiger partial charge on any atom is 0.0778 e. The van der Waals surface area contributed by atoms with Gasteiger partial charge in [-0.3, -0.25) is 0 Å². The van der Waals surface area contributed by atoms with Crippen LogP contribution in [0, 0.1) is 5.92 Å². The molecule has 0 saturated heterocycles. The third kappa shape index (κ3) is 4.23. The molecule has 0 heterocycles. The lowest BCUT2D eigenvalue weighted by atomic mass is 9.79. The number of rotatable bonds is 1. The topological polar surface area (TPSA) is 60.7 Å². The van der Waals surface area contributed by atoms with Gasteiger partial charge in [0.2, 0.25) is 0 Å². The first-order valence-corrected chi connectivity index (χ1v) is 6.65. The number of hydrogen-bond donors (Lipinski definition) is 3. The fraction of sp³-hybridized carbons (Fsp3) is 0.733. The van der Waals surface area contributed by atoms with E-state index in [1.54, 1.807) is 13.8 Å². The molecule has 0 aromatic rings. The van der Waals surface area contributed by atoms with Crippen LogP contribution in [-0.2, 0) is 0 Å². The van der Waals surface area contributed by atoms with Crippen molar-refractivity contribution in [2.75, 3.05) is 0 Å². The van der Waals surface area contributed by atoms with Crippen molar-refractivity contribution in [2.24, 2.45) is 5.92 Å². The van der Waals surface area contributed by atoms with Crippen molar-refractivity contribution >= 4 is 0 Å². The van der Waals surface area contributed by atoms with Gasteiger partial charge in [-0.2, -0.15) is 0 Å². The van der Waals surface area contributed by atoms with Gasteiger partial charge in [-0.05, 0) is 52.0 Å². The quantitative estimate of drug-likeness (QED) is 0.628. The van der Waals surface area contributed by atoms with Crippen LogP contribution in [0.4, 0.5) is 0 Å². The second-order valence-corrected chi connectivity index (χ2v) is 6.02. The van der Waals surface area contributed by atoms with Crippen LogP contribution in [0.2, 0.25) is 0 Å². The molecule has 18 heavy (non-hydrogen) atoms. The van der Waals surface area contributed by atoms with Crippen LogP contribution < -0.4 is 0 Å². The van der Waals surface area contributed by atoms with Gasteiger partial charge in [0.25, 0.3) is 0 Å². The maximum absolute atomic E-state index is 10.2. The standard InChI is InChI=1S/C15H26O3/c1-10-5-8-13(16)11(2)6-7-12(14(17)9-10)15(3,4)18/h9,12-14,16-18H,2,5-8H2,1,3-4H3. The summed E-state index contributed by atoms with van der Waals surface area (Å²) in [6.45, 7) is 9.28. The third-order valence-electron chi connectivity index (χ3n) is 3.83. The van der Waals surface area contributed by atoms with Crippen molar-refractivity contribution in [1.29, 1.82) is 0 Å². The van der Waals surface area contributed by atoms with Gasteiger partial charge in [0, 0.05) is 5.92 Å². The van der Waals surface area contributed by atoms with Crippen LogP contribution >= 0.6 is 0 Å². The fourth-order valence-corrected chi connectivity index (χ4v) is 2.51. The van der Waals surface area contributed by atoms with Crippen molar-refractivity contribution < 1.29 is 15.3 Å². The highest BCUT2D eigenvalue weighted by Crippen LogP contribution is 2.30. The van der Waals surface area contributed by atoms with Crippen molar-refractivity contribution in [3.63, 3.8) is 0 Å². The summed E-state index contributed by atoms with van der Waals surface area (Å²) in [5.41, 5.74) is 0.900. The molecule has 1 rings (SSSR count). The fourth-order valence-electron chi connectivity index (χ4n) is 2.51. The second-order valence-electron chi connectivity index (χ2n) is 6.02. The highest BCUT2D eigenvalue weighted by molar-refractivity contribution is 5.10. The smallest absolute Gasteiger partial charge is 0.0778 e. The van der Waals surface area contributed by atoms with Crippen molar-refractivity contribution in [3.05, 3.63) is 23.8 Å². The molecule has 0 radical (unpaired) electrons. The van der Waals surface area contributed by atoms with E-state index in [1.165, 1.54) is 0 Å². The zero-order chi connectivity index (χ0) is 13.9. The zero-order valence-corrected chi connectivity index (χ0v) is 11.7. The lowest BCUT2D eigenvalue weighted by Crippen LogP contribution is -2.39. The van der Waals surface area contributed by atoms with Crippen molar-refractivity contribution in [2.45, 2.75) is 64.3 Å². The maximum atomic E-state index is 10.2. The molecule has 0 spiro atoms. The molecule has 0 aromatic heterocycles. The molecule has 3 heteroatoms. The largest absolute Gasteiger partial charge is 0.390 e. The Morgan fingerprint density at radius 1 is 1.22 bits per heavy atom. The summed E-state index contributed by atoms with van der Waals surface area (Å²) < 4.78 is 0. The summed E-state index contributed by atoms with van der Waals surface area (Å²) in [4.78, 5) is 0. The molecule has 0 bridgehead atoms. The average Bonchev–Trinajstić information content (AvgIpc) is 2.22. The molecule has 1 aliphatic carbocycles. The second kappa shape index (κ2) is 6.00. The Labute approximate surface area is 110 Å². The Balaban J connectivity index is 2.94. The van der Waals surface area contributed by atoms with Crippen LogP contribution in [0.1, 0.15) is 46.5 Å². The number of aliphatic hydroxyl groups is 3. The lowest BCUT2D eigenvalue weighted by molar-refractivity contribution is -0.0353. The molecule has 3 atom stereocenters. The Bertz CT molecular complexity index is 325. The van der Waals surface area contributed by atoms with E-state index in [1.807, 2.05) is 13.0 Å². The minimum absolute atomic E-state index is 0.241. The van der Waals surface area contributed by atoms with E-state index in [0.717, 1.165) is 17.6 Å². The Morgan fingerprint density at radius 3 is 2.39 bits per heavy atom. The van der Waals surface area contributed by atoms with Gasteiger partial charge in [-0.25, -0.2) is 0 Å². The Hall–Kier alpha value is -0.640.